The van der Waals surface area contributed by atoms with Gasteiger partial charge in [0.2, 0.25) is 11.8 Å². The summed E-state index contributed by atoms with van der Waals surface area (Å²) in [6.07, 6.45) is 5.81. The van der Waals surface area contributed by atoms with Crippen LogP contribution in [-0.2, 0) is 50.7 Å². The molecule has 3 aromatic heterocycles. The van der Waals surface area contributed by atoms with E-state index in [0.717, 1.165) is 44.1 Å². The van der Waals surface area contributed by atoms with E-state index in [4.69, 9.17) is 4.74 Å². The smallest absolute Gasteiger partial charge is 0.264 e. The average Bonchev–Trinajstić information content (AvgIpc) is 4.16. The molecule has 15 heteroatoms. The molecule has 0 aliphatic carbocycles. The first-order chi connectivity index (χ1) is 32.9. The number of benzene rings is 5. The number of H-pyrrole nitrogens is 2. The van der Waals surface area contributed by atoms with Crippen LogP contribution in [0.25, 0.3) is 21.8 Å². The Labute approximate surface area is 394 Å². The molecule has 1 saturated heterocycles. The third-order valence-corrected chi connectivity index (χ3v) is 16.3. The summed E-state index contributed by atoms with van der Waals surface area (Å²) in [6, 6.07) is 38.4. The Morgan fingerprint density at radius 1 is 0.824 bits per heavy atom. The molecule has 3 amide bonds. The van der Waals surface area contributed by atoms with Gasteiger partial charge in [0.1, 0.15) is 0 Å². The summed E-state index contributed by atoms with van der Waals surface area (Å²) in [5.41, 5.74) is 6.73. The fourth-order valence-electron chi connectivity index (χ4n) is 10.7. The highest BCUT2D eigenvalue weighted by Gasteiger charge is 2.66. The predicted molar refractivity (Wildman–Crippen MR) is 265 cm³/mol. The van der Waals surface area contributed by atoms with Crippen molar-refractivity contribution in [2.24, 2.45) is 5.92 Å². The molecule has 0 bridgehead atoms. The Morgan fingerprint density at radius 3 is 2.06 bits per heavy atom. The monoisotopic (exact) mass is 926 g/mol. The van der Waals surface area contributed by atoms with Gasteiger partial charge >= 0.3 is 0 Å². The fourth-order valence-corrected chi connectivity index (χ4v) is 13.3. The van der Waals surface area contributed by atoms with Crippen LogP contribution in [0.15, 0.2) is 140 Å². The number of aromatic amines is 2. The molecule has 5 heterocycles. The van der Waals surface area contributed by atoms with E-state index in [2.05, 4.69) is 30.9 Å². The number of rotatable bonds is 15. The maximum absolute atomic E-state index is 15.4. The number of hydrogen-bond donors (Lipinski definition) is 6. The highest BCUT2D eigenvalue weighted by Crippen LogP contribution is 2.60. The number of ether oxygens (including phenoxy) is 1. The van der Waals surface area contributed by atoms with Crippen LogP contribution in [0.2, 0.25) is 18.6 Å². The predicted octanol–water partition coefficient (Wildman–Crippen LogP) is 8.16. The number of anilines is 3. The van der Waals surface area contributed by atoms with Crippen LogP contribution in [0.4, 0.5) is 17.1 Å². The quantitative estimate of drug-likeness (QED) is 0.0555. The van der Waals surface area contributed by atoms with Crippen molar-refractivity contribution in [3.63, 3.8) is 0 Å². The number of aryl methyl sites for hydroxylation is 1. The van der Waals surface area contributed by atoms with E-state index in [-0.39, 0.29) is 55.2 Å². The number of carbonyl (C=O) groups excluding carboxylic acids is 3. The zero-order chi connectivity index (χ0) is 47.2. The second-order valence-electron chi connectivity index (χ2n) is 18.7. The number of nitrogens with zero attached hydrogens (tertiary/aromatic N) is 4. The Balaban J connectivity index is 0.923. The molecular weight excluding hydrogens is 873 g/mol. The molecule has 68 heavy (non-hydrogen) atoms. The van der Waals surface area contributed by atoms with Crippen LogP contribution in [-0.4, -0.2) is 73.6 Å². The first kappa shape index (κ1) is 44.7. The van der Waals surface area contributed by atoms with Gasteiger partial charge in [-0.05, 0) is 84.2 Å². The number of fused-ring (bicyclic) bond motifs is 4. The lowest BCUT2D eigenvalue weighted by Crippen LogP contribution is -2.46. The lowest BCUT2D eigenvalue weighted by Gasteiger charge is -2.32. The number of aliphatic hydroxyl groups is 1. The summed E-state index contributed by atoms with van der Waals surface area (Å²) in [6.45, 7) is 6.26. The molecule has 1 unspecified atom stereocenters. The number of amides is 3. The number of aromatic nitrogens is 5. The molecule has 8 aromatic rings. The molecule has 346 valence electrons. The summed E-state index contributed by atoms with van der Waals surface area (Å²) < 4.78 is 8.91. The second-order valence-corrected chi connectivity index (χ2v) is 22.7. The molecule has 6 N–H and O–H groups in total. The van der Waals surface area contributed by atoms with Crippen LogP contribution in [0.1, 0.15) is 52.8 Å². The van der Waals surface area contributed by atoms with Crippen molar-refractivity contribution in [1.29, 1.82) is 0 Å². The van der Waals surface area contributed by atoms with E-state index in [9.17, 15) is 19.5 Å². The molecule has 5 atom stereocenters. The number of aliphatic hydroxyl groups excluding tert-OH is 1. The molecule has 5 aromatic carbocycles. The van der Waals surface area contributed by atoms with Crippen LogP contribution in [0, 0.1) is 5.92 Å². The van der Waals surface area contributed by atoms with E-state index < -0.39 is 25.9 Å². The standard InChI is InChI=1S/C53H54N8O6Si/c1-33-51(68(2,3)66)48(23-24-60-31-46(58-59-60)42(32-62)35-11-5-4-6-12-35)67-53(33)43-27-39(57-50(64)26-37-29-55-45-16-10-8-14-41(37)45)21-22-47(43)61(52(53)65)30-34-17-19-38(20-18-34)56-49(63)25-36-28-54-44-15-9-7-13-40(36)44/h4-22,27-29,31,33,42,48,51,54-55,62,66H,23-26,30,32H2,1-3H3,(H,56,63)(H,57,64)/t33-,42?,48+,51-,53+/m1/s1. The molecule has 0 radical (unpaired) electrons. The van der Waals surface area contributed by atoms with Crippen molar-refractivity contribution < 1.29 is 29.0 Å². The van der Waals surface area contributed by atoms with Gasteiger partial charge in [0.15, 0.2) is 13.9 Å². The van der Waals surface area contributed by atoms with Crippen molar-refractivity contribution in [3.05, 3.63) is 173 Å². The summed E-state index contributed by atoms with van der Waals surface area (Å²) in [4.78, 5) is 62.5. The first-order valence-electron chi connectivity index (χ1n) is 23.1. The Bertz CT molecular complexity index is 3140. The van der Waals surface area contributed by atoms with E-state index in [1.54, 1.807) is 9.58 Å². The summed E-state index contributed by atoms with van der Waals surface area (Å²) in [5, 5.41) is 27.2. The van der Waals surface area contributed by atoms with Crippen LogP contribution < -0.4 is 15.5 Å². The lowest BCUT2D eigenvalue weighted by molar-refractivity contribution is -0.146. The Kier molecular flexibility index (Phi) is 11.9. The minimum Gasteiger partial charge on any atom is -0.432 e. The number of hydrogen-bond acceptors (Lipinski definition) is 8. The maximum Gasteiger partial charge on any atom is 0.264 e. The third kappa shape index (κ3) is 8.42. The summed E-state index contributed by atoms with van der Waals surface area (Å²) in [5.74, 6) is -1.39. The van der Waals surface area contributed by atoms with Gasteiger partial charge in [-0.2, -0.15) is 0 Å². The minimum atomic E-state index is -3.03. The van der Waals surface area contributed by atoms with Gasteiger partial charge in [-0.15, -0.1) is 5.10 Å². The zero-order valence-electron chi connectivity index (χ0n) is 38.1. The second kappa shape index (κ2) is 18.1. The van der Waals surface area contributed by atoms with Gasteiger partial charge in [0.25, 0.3) is 5.91 Å². The molecule has 14 nitrogen and oxygen atoms in total. The molecule has 10 rings (SSSR count). The van der Waals surface area contributed by atoms with Crippen LogP contribution in [0.3, 0.4) is 0 Å². The van der Waals surface area contributed by atoms with E-state index in [0.29, 0.717) is 41.3 Å². The number of carbonyl (C=O) groups is 3. The van der Waals surface area contributed by atoms with Crippen molar-refractivity contribution in [2.45, 2.75) is 75.5 Å². The lowest BCUT2D eigenvalue weighted by atomic mass is 9.82. The van der Waals surface area contributed by atoms with Crippen molar-refractivity contribution in [2.75, 3.05) is 22.1 Å². The molecule has 1 fully saturated rings. The van der Waals surface area contributed by atoms with E-state index in [1.807, 2.05) is 160 Å². The van der Waals surface area contributed by atoms with Gasteiger partial charge in [-0.3, -0.25) is 19.1 Å². The maximum atomic E-state index is 15.4. The van der Waals surface area contributed by atoms with Gasteiger partial charge in [-0.1, -0.05) is 91.0 Å². The number of nitrogens with one attached hydrogen (secondary N) is 4. The largest absolute Gasteiger partial charge is 0.432 e. The fraction of sp³-hybridized carbons (Fsp3) is 0.264. The third-order valence-electron chi connectivity index (χ3n) is 13.8. The normalized spacial score (nSPS) is 19.5. The van der Waals surface area contributed by atoms with Crippen LogP contribution >= 0.6 is 0 Å². The highest BCUT2D eigenvalue weighted by atomic mass is 28.4. The van der Waals surface area contributed by atoms with Gasteiger partial charge in [0.05, 0.1) is 49.4 Å². The van der Waals surface area contributed by atoms with Gasteiger partial charge < -0.3 is 40.1 Å². The number of para-hydroxylation sites is 2. The van der Waals surface area contributed by atoms with Gasteiger partial charge in [0, 0.05) is 75.3 Å². The summed E-state index contributed by atoms with van der Waals surface area (Å²) in [7, 11) is -3.03. The average molecular weight is 927 g/mol. The highest BCUT2D eigenvalue weighted by molar-refractivity contribution is 6.71. The van der Waals surface area contributed by atoms with E-state index >= 15 is 4.79 Å². The Hall–Kier alpha value is -7.17. The molecular formula is C53H54N8O6Si. The molecule has 0 saturated carbocycles. The van der Waals surface area contributed by atoms with E-state index in [1.165, 1.54) is 0 Å². The van der Waals surface area contributed by atoms with Crippen molar-refractivity contribution in [3.8, 4) is 0 Å². The van der Waals surface area contributed by atoms with Gasteiger partial charge in [-0.25, -0.2) is 0 Å². The Morgan fingerprint density at radius 2 is 1.43 bits per heavy atom. The summed E-state index contributed by atoms with van der Waals surface area (Å²) >= 11 is 0. The van der Waals surface area contributed by atoms with Crippen LogP contribution in [0.5, 0.6) is 0 Å². The van der Waals surface area contributed by atoms with Crippen molar-refractivity contribution in [1.82, 2.24) is 25.0 Å². The minimum absolute atomic E-state index is 0.127. The molecule has 1 spiro atoms. The SMILES string of the molecule is C[C@@H]1[C@@H]([Si](C)(C)O)[C@H](CCn2cc(C(CO)c3ccccc3)nn2)O[C@@]12C(=O)N(Cc1ccc(NC(=O)Cc3c[nH]c4ccccc34)cc1)c1ccc(NC(=O)Cc3c[nH]c4ccccc34)cc12. The molecule has 2 aliphatic rings. The first-order valence-corrected chi connectivity index (χ1v) is 26.1. The zero-order valence-corrected chi connectivity index (χ0v) is 39.1. The topological polar surface area (TPSA) is 190 Å². The molecule has 2 aliphatic heterocycles. The van der Waals surface area contributed by atoms with Crippen molar-refractivity contribution >= 4 is 64.9 Å².